The van der Waals surface area contributed by atoms with Crippen LogP contribution in [0, 0.1) is 17.8 Å². The Kier molecular flexibility index (Phi) is 7.73. The highest BCUT2D eigenvalue weighted by Gasteiger charge is 2.33. The molecule has 7 nitrogen and oxygen atoms in total. The van der Waals surface area contributed by atoms with Gasteiger partial charge in [0, 0.05) is 36.3 Å². The van der Waals surface area contributed by atoms with E-state index in [0.29, 0.717) is 30.1 Å². The standard InChI is InChI=1S/C25H31N3O4/c1-17-14-28(18(2)16-29)25(30)22-12-20(7-6-19-8-10-21(31-5)11-9-19)13-26-24(22)32-23(17)15-27(3)4/h8-13,17-18,23,29H,14-16H2,1-5H3/t17-,18-,23-/m0/s1. The number of methoxy groups -OCH3 is 1. The summed E-state index contributed by atoms with van der Waals surface area (Å²) in [6.07, 6.45) is 1.48. The van der Waals surface area contributed by atoms with E-state index in [1.54, 1.807) is 24.3 Å². The Morgan fingerprint density at radius 2 is 1.97 bits per heavy atom. The fourth-order valence-electron chi connectivity index (χ4n) is 3.57. The maximum atomic E-state index is 13.4. The normalized spacial score (nSPS) is 19.2. The number of aromatic nitrogens is 1. The Bertz CT molecular complexity index is 994. The van der Waals surface area contributed by atoms with Crippen molar-refractivity contribution < 1.29 is 19.4 Å². The minimum atomic E-state index is -0.315. The Morgan fingerprint density at radius 1 is 1.28 bits per heavy atom. The fraction of sp³-hybridized carbons (Fsp3) is 0.440. The van der Waals surface area contributed by atoms with Crippen molar-refractivity contribution in [2.45, 2.75) is 26.0 Å². The Balaban J connectivity index is 1.97. The van der Waals surface area contributed by atoms with E-state index in [-0.39, 0.29) is 30.6 Å². The Labute approximate surface area is 190 Å². The first-order valence-corrected chi connectivity index (χ1v) is 10.7. The van der Waals surface area contributed by atoms with Gasteiger partial charge in [-0.05, 0) is 51.4 Å². The number of aliphatic hydroxyl groups is 1. The molecule has 0 saturated carbocycles. The van der Waals surface area contributed by atoms with Crippen LogP contribution in [0.15, 0.2) is 36.5 Å². The lowest BCUT2D eigenvalue weighted by molar-refractivity contribution is 0.0348. The first-order chi connectivity index (χ1) is 15.3. The van der Waals surface area contributed by atoms with E-state index in [0.717, 1.165) is 11.3 Å². The Morgan fingerprint density at radius 3 is 2.59 bits per heavy atom. The van der Waals surface area contributed by atoms with Crippen LogP contribution in [0.3, 0.4) is 0 Å². The first kappa shape index (κ1) is 23.6. The van der Waals surface area contributed by atoms with Gasteiger partial charge in [-0.15, -0.1) is 0 Å². The minimum absolute atomic E-state index is 0.0693. The van der Waals surface area contributed by atoms with Crippen molar-refractivity contribution in [2.24, 2.45) is 5.92 Å². The highest BCUT2D eigenvalue weighted by molar-refractivity contribution is 5.97. The van der Waals surface area contributed by atoms with Gasteiger partial charge >= 0.3 is 0 Å². The summed E-state index contributed by atoms with van der Waals surface area (Å²) in [5, 5.41) is 9.73. The number of aliphatic hydroxyl groups excluding tert-OH is 1. The van der Waals surface area contributed by atoms with E-state index in [4.69, 9.17) is 9.47 Å². The van der Waals surface area contributed by atoms with Crippen molar-refractivity contribution in [3.8, 4) is 23.5 Å². The van der Waals surface area contributed by atoms with Crippen LogP contribution >= 0.6 is 0 Å². The monoisotopic (exact) mass is 437 g/mol. The van der Waals surface area contributed by atoms with Crippen LogP contribution in [-0.2, 0) is 0 Å². The third kappa shape index (κ3) is 5.58. The van der Waals surface area contributed by atoms with E-state index < -0.39 is 0 Å². The number of amides is 1. The third-order valence-electron chi connectivity index (χ3n) is 5.51. The number of likely N-dealkylation sites (N-methyl/N-ethyl adjacent to an activating group) is 1. The first-order valence-electron chi connectivity index (χ1n) is 10.7. The lowest BCUT2D eigenvalue weighted by Gasteiger charge is -2.37. The fourth-order valence-corrected chi connectivity index (χ4v) is 3.57. The molecule has 3 atom stereocenters. The quantitative estimate of drug-likeness (QED) is 0.724. The molecule has 0 bridgehead atoms. The molecule has 2 aromatic rings. The molecule has 7 heteroatoms. The molecule has 2 heterocycles. The van der Waals surface area contributed by atoms with Crippen molar-refractivity contribution in [3.63, 3.8) is 0 Å². The lowest BCUT2D eigenvalue weighted by Crippen LogP contribution is -2.49. The van der Waals surface area contributed by atoms with Crippen molar-refractivity contribution in [3.05, 3.63) is 53.2 Å². The second-order valence-electron chi connectivity index (χ2n) is 8.44. The van der Waals surface area contributed by atoms with Gasteiger partial charge in [0.05, 0.1) is 19.8 Å². The zero-order chi connectivity index (χ0) is 23.3. The zero-order valence-electron chi connectivity index (χ0n) is 19.3. The Hall–Kier alpha value is -3.08. The van der Waals surface area contributed by atoms with Crippen LogP contribution < -0.4 is 9.47 Å². The molecule has 0 radical (unpaired) electrons. The second-order valence-corrected chi connectivity index (χ2v) is 8.44. The van der Waals surface area contributed by atoms with E-state index in [9.17, 15) is 9.90 Å². The molecule has 170 valence electrons. The highest BCUT2D eigenvalue weighted by Crippen LogP contribution is 2.27. The molecule has 32 heavy (non-hydrogen) atoms. The number of fused-ring (bicyclic) bond motifs is 1. The minimum Gasteiger partial charge on any atom is -0.497 e. The SMILES string of the molecule is COc1ccc(C#Cc2cnc3c(c2)C(=O)N([C@@H](C)CO)C[C@H](C)[C@H](CN(C)C)O3)cc1. The zero-order valence-corrected chi connectivity index (χ0v) is 19.3. The maximum Gasteiger partial charge on any atom is 0.259 e. The van der Waals surface area contributed by atoms with E-state index in [1.807, 2.05) is 45.3 Å². The molecule has 0 unspecified atom stereocenters. The number of pyridine rings is 1. The average Bonchev–Trinajstić information content (AvgIpc) is 2.79. The summed E-state index contributed by atoms with van der Waals surface area (Å²) < 4.78 is 11.4. The van der Waals surface area contributed by atoms with Gasteiger partial charge in [-0.1, -0.05) is 18.8 Å². The van der Waals surface area contributed by atoms with Gasteiger partial charge < -0.3 is 24.4 Å². The number of rotatable bonds is 5. The molecular formula is C25H31N3O4. The van der Waals surface area contributed by atoms with Gasteiger partial charge in [-0.2, -0.15) is 0 Å². The number of nitrogens with zero attached hydrogens (tertiary/aromatic N) is 3. The summed E-state index contributed by atoms with van der Waals surface area (Å²) in [5.74, 6) is 7.10. The van der Waals surface area contributed by atoms with Crippen molar-refractivity contribution >= 4 is 5.91 Å². The van der Waals surface area contributed by atoms with Gasteiger partial charge in [0.15, 0.2) is 0 Å². The van der Waals surface area contributed by atoms with Crippen LogP contribution in [-0.4, -0.2) is 78.8 Å². The molecule has 1 aromatic carbocycles. The summed E-state index contributed by atoms with van der Waals surface area (Å²) in [5.41, 5.74) is 1.81. The largest absolute Gasteiger partial charge is 0.497 e. The van der Waals surface area contributed by atoms with Gasteiger partial charge in [-0.25, -0.2) is 4.98 Å². The topological polar surface area (TPSA) is 75.1 Å². The van der Waals surface area contributed by atoms with Gasteiger partial charge in [-0.3, -0.25) is 4.79 Å². The number of hydrogen-bond donors (Lipinski definition) is 1. The third-order valence-corrected chi connectivity index (χ3v) is 5.51. The predicted molar refractivity (Wildman–Crippen MR) is 123 cm³/mol. The van der Waals surface area contributed by atoms with Crippen molar-refractivity contribution in [1.29, 1.82) is 0 Å². The molecule has 1 aromatic heterocycles. The second kappa shape index (κ2) is 10.5. The summed E-state index contributed by atoms with van der Waals surface area (Å²) in [6.45, 7) is 4.96. The molecule has 1 N–H and O–H groups in total. The van der Waals surface area contributed by atoms with Crippen molar-refractivity contribution in [2.75, 3.05) is 40.9 Å². The van der Waals surface area contributed by atoms with Crippen LogP contribution in [0.4, 0.5) is 0 Å². The number of carbonyl (C=O) groups is 1. The van der Waals surface area contributed by atoms with Crippen molar-refractivity contribution in [1.82, 2.24) is 14.8 Å². The molecule has 1 aliphatic rings. The van der Waals surface area contributed by atoms with Crippen LogP contribution in [0.5, 0.6) is 11.6 Å². The molecule has 1 aliphatic heterocycles. The van der Waals surface area contributed by atoms with Crippen LogP contribution in [0.2, 0.25) is 0 Å². The molecule has 0 aliphatic carbocycles. The summed E-state index contributed by atoms with van der Waals surface area (Å²) >= 11 is 0. The average molecular weight is 438 g/mol. The molecule has 0 fully saturated rings. The number of hydrogen-bond acceptors (Lipinski definition) is 6. The van der Waals surface area contributed by atoms with Crippen LogP contribution in [0.1, 0.15) is 35.3 Å². The lowest BCUT2D eigenvalue weighted by atomic mass is 10.00. The molecular weight excluding hydrogens is 406 g/mol. The van der Waals surface area contributed by atoms with E-state index in [1.165, 1.54) is 0 Å². The van der Waals surface area contributed by atoms with E-state index in [2.05, 4.69) is 28.6 Å². The summed E-state index contributed by atoms with van der Waals surface area (Å²) in [4.78, 5) is 21.6. The number of ether oxygens (including phenoxy) is 2. The summed E-state index contributed by atoms with van der Waals surface area (Å²) in [6, 6.07) is 8.85. The van der Waals surface area contributed by atoms with E-state index >= 15 is 0 Å². The maximum absolute atomic E-state index is 13.4. The van der Waals surface area contributed by atoms with Gasteiger partial charge in [0.25, 0.3) is 5.91 Å². The molecule has 3 rings (SSSR count). The highest BCUT2D eigenvalue weighted by atomic mass is 16.5. The van der Waals surface area contributed by atoms with Gasteiger partial charge in [0.1, 0.15) is 17.4 Å². The predicted octanol–water partition coefficient (Wildman–Crippen LogP) is 2.27. The molecule has 0 saturated heterocycles. The summed E-state index contributed by atoms with van der Waals surface area (Å²) in [7, 11) is 5.59. The number of carbonyl (C=O) groups excluding carboxylic acids is 1. The molecule has 0 spiro atoms. The number of benzene rings is 1. The molecule has 1 amide bonds. The van der Waals surface area contributed by atoms with Crippen LogP contribution in [0.25, 0.3) is 0 Å². The van der Waals surface area contributed by atoms with Gasteiger partial charge in [0.2, 0.25) is 5.88 Å². The smallest absolute Gasteiger partial charge is 0.259 e.